The second kappa shape index (κ2) is 7.66. The van der Waals surface area contributed by atoms with Crippen molar-refractivity contribution in [2.45, 2.75) is 13.3 Å². The summed E-state index contributed by atoms with van der Waals surface area (Å²) in [5.74, 6) is -0.327. The lowest BCUT2D eigenvalue weighted by Crippen LogP contribution is -2.28. The number of halogens is 2. The van der Waals surface area contributed by atoms with Gasteiger partial charge >= 0.3 is 0 Å². The molecule has 1 aliphatic rings. The molecule has 0 spiro atoms. The second-order valence-electron chi connectivity index (χ2n) is 6.42. The van der Waals surface area contributed by atoms with Crippen LogP contribution < -0.4 is 20.7 Å². The lowest BCUT2D eigenvalue weighted by molar-refractivity contribution is -0.122. The fraction of sp³-hybridized carbons (Fsp3) is 0.263. The Morgan fingerprint density at radius 2 is 1.93 bits per heavy atom. The monoisotopic (exact) mass is 407 g/mol. The molecule has 0 aromatic heterocycles. The number of rotatable bonds is 4. The van der Waals surface area contributed by atoms with E-state index in [1.807, 2.05) is 25.1 Å². The Bertz CT molecular complexity index is 894. The van der Waals surface area contributed by atoms with Gasteiger partial charge in [-0.3, -0.25) is 9.59 Å². The molecular formula is C19H19Cl2N3O3. The van der Waals surface area contributed by atoms with Crippen LogP contribution in [-0.4, -0.2) is 25.5 Å². The van der Waals surface area contributed by atoms with Gasteiger partial charge in [-0.2, -0.15) is 0 Å². The Morgan fingerprint density at radius 3 is 2.56 bits per heavy atom. The minimum absolute atomic E-state index is 0.110. The third-order valence-corrected chi connectivity index (χ3v) is 5.09. The van der Waals surface area contributed by atoms with Crippen LogP contribution in [0.1, 0.15) is 12.0 Å². The van der Waals surface area contributed by atoms with Gasteiger partial charge < -0.3 is 20.7 Å². The zero-order valence-electron chi connectivity index (χ0n) is 14.9. The molecule has 8 heteroatoms. The summed E-state index contributed by atoms with van der Waals surface area (Å²) >= 11 is 12.0. The molecule has 3 N–H and O–H groups in total. The minimum atomic E-state index is -0.502. The first-order chi connectivity index (χ1) is 12.8. The Labute approximate surface area is 167 Å². The molecule has 1 heterocycles. The van der Waals surface area contributed by atoms with Crippen LogP contribution in [-0.2, 0) is 9.59 Å². The standard InChI is InChI=1S/C19H19Cl2N3O3/c1-10-3-4-16(27-2)15(5-10)24-9-11(6-17(24)25)19(26)23-12-7-13(20)18(22)14(21)8-12/h3-5,7-8,11H,6,9,22H2,1-2H3,(H,23,26). The number of benzene rings is 2. The van der Waals surface area contributed by atoms with Crippen LogP contribution in [0.3, 0.4) is 0 Å². The summed E-state index contributed by atoms with van der Waals surface area (Å²) in [6, 6.07) is 8.64. The van der Waals surface area contributed by atoms with E-state index >= 15 is 0 Å². The number of nitrogens with two attached hydrogens (primary N) is 1. The van der Waals surface area contributed by atoms with Crippen LogP contribution in [0, 0.1) is 12.8 Å². The summed E-state index contributed by atoms with van der Waals surface area (Å²) in [4.78, 5) is 26.7. The Hall–Kier alpha value is -2.44. The molecule has 2 aromatic carbocycles. The molecule has 2 aromatic rings. The van der Waals surface area contributed by atoms with E-state index in [1.165, 1.54) is 12.1 Å². The van der Waals surface area contributed by atoms with Crippen molar-refractivity contribution in [2.24, 2.45) is 5.92 Å². The number of hydrogen-bond donors (Lipinski definition) is 2. The highest BCUT2D eigenvalue weighted by Gasteiger charge is 2.36. The summed E-state index contributed by atoms with van der Waals surface area (Å²) < 4.78 is 5.35. The molecule has 0 aliphatic carbocycles. The predicted octanol–water partition coefficient (Wildman–Crippen LogP) is 3.88. The van der Waals surface area contributed by atoms with Crippen LogP contribution in [0.15, 0.2) is 30.3 Å². The minimum Gasteiger partial charge on any atom is -0.495 e. The van der Waals surface area contributed by atoms with Crippen LogP contribution in [0.25, 0.3) is 0 Å². The van der Waals surface area contributed by atoms with Gasteiger partial charge in [0.25, 0.3) is 0 Å². The molecule has 1 unspecified atom stereocenters. The molecule has 0 bridgehead atoms. The summed E-state index contributed by atoms with van der Waals surface area (Å²) in [7, 11) is 1.55. The average Bonchev–Trinajstić information content (AvgIpc) is 3.01. The van der Waals surface area contributed by atoms with Crippen LogP contribution in [0.4, 0.5) is 17.1 Å². The third-order valence-electron chi connectivity index (χ3n) is 4.47. The molecule has 0 saturated carbocycles. The van der Waals surface area contributed by atoms with Gasteiger partial charge in [-0.15, -0.1) is 0 Å². The number of hydrogen-bond acceptors (Lipinski definition) is 4. The second-order valence-corrected chi connectivity index (χ2v) is 7.24. The number of methoxy groups -OCH3 is 1. The highest BCUT2D eigenvalue weighted by Crippen LogP contribution is 2.35. The number of nitrogen functional groups attached to an aromatic ring is 1. The van der Waals surface area contributed by atoms with Gasteiger partial charge in [0, 0.05) is 18.7 Å². The number of anilines is 3. The molecule has 3 rings (SSSR count). The van der Waals surface area contributed by atoms with Gasteiger partial charge in [-0.25, -0.2) is 0 Å². The van der Waals surface area contributed by atoms with Crippen LogP contribution in [0.5, 0.6) is 5.75 Å². The molecular weight excluding hydrogens is 389 g/mol. The third kappa shape index (κ3) is 3.96. The van der Waals surface area contributed by atoms with Crippen molar-refractivity contribution in [2.75, 3.05) is 29.6 Å². The quantitative estimate of drug-likeness (QED) is 0.752. The number of aryl methyl sites for hydroxylation is 1. The van der Waals surface area contributed by atoms with Crippen LogP contribution in [0.2, 0.25) is 10.0 Å². The van der Waals surface area contributed by atoms with E-state index in [4.69, 9.17) is 33.7 Å². The largest absolute Gasteiger partial charge is 0.495 e. The van der Waals surface area contributed by atoms with Crippen molar-refractivity contribution in [1.29, 1.82) is 0 Å². The lowest BCUT2D eigenvalue weighted by Gasteiger charge is -2.20. The Balaban J connectivity index is 1.77. The molecule has 6 nitrogen and oxygen atoms in total. The maximum absolute atomic E-state index is 12.6. The van der Waals surface area contributed by atoms with Crippen molar-refractivity contribution in [3.63, 3.8) is 0 Å². The molecule has 2 amide bonds. The summed E-state index contributed by atoms with van der Waals surface area (Å²) in [5.41, 5.74) is 8.05. The van der Waals surface area contributed by atoms with E-state index < -0.39 is 5.92 Å². The molecule has 1 aliphatic heterocycles. The number of carbonyl (C=O) groups excluding carboxylic acids is 2. The number of carbonyl (C=O) groups is 2. The first kappa shape index (κ1) is 19.3. The lowest BCUT2D eigenvalue weighted by atomic mass is 10.1. The first-order valence-corrected chi connectivity index (χ1v) is 9.06. The van der Waals surface area contributed by atoms with Gasteiger partial charge in [-0.1, -0.05) is 29.3 Å². The van der Waals surface area contributed by atoms with Gasteiger partial charge in [0.1, 0.15) is 5.75 Å². The summed E-state index contributed by atoms with van der Waals surface area (Å²) in [6.45, 7) is 2.20. The smallest absolute Gasteiger partial charge is 0.229 e. The topological polar surface area (TPSA) is 84.7 Å². The average molecular weight is 408 g/mol. The van der Waals surface area contributed by atoms with Crippen molar-refractivity contribution < 1.29 is 14.3 Å². The van der Waals surface area contributed by atoms with Crippen molar-refractivity contribution in [1.82, 2.24) is 0 Å². The van der Waals surface area contributed by atoms with Gasteiger partial charge in [-0.05, 0) is 36.8 Å². The zero-order valence-corrected chi connectivity index (χ0v) is 16.4. The zero-order chi connectivity index (χ0) is 19.7. The van der Waals surface area contributed by atoms with Crippen molar-refractivity contribution in [3.8, 4) is 5.75 Å². The van der Waals surface area contributed by atoms with E-state index in [9.17, 15) is 9.59 Å². The summed E-state index contributed by atoms with van der Waals surface area (Å²) in [6.07, 6.45) is 0.110. The van der Waals surface area contributed by atoms with Gasteiger partial charge in [0.15, 0.2) is 0 Å². The number of nitrogens with one attached hydrogen (secondary N) is 1. The maximum atomic E-state index is 12.6. The fourth-order valence-corrected chi connectivity index (χ4v) is 3.51. The van der Waals surface area contributed by atoms with E-state index in [1.54, 1.807) is 12.0 Å². The van der Waals surface area contributed by atoms with Crippen molar-refractivity contribution >= 4 is 52.1 Å². The van der Waals surface area contributed by atoms with Gasteiger partial charge in [0.2, 0.25) is 11.8 Å². The molecule has 0 radical (unpaired) electrons. The predicted molar refractivity (Wildman–Crippen MR) is 108 cm³/mol. The normalized spacial score (nSPS) is 16.5. The van der Waals surface area contributed by atoms with E-state index in [2.05, 4.69) is 5.32 Å². The van der Waals surface area contributed by atoms with E-state index in [0.717, 1.165) is 5.56 Å². The van der Waals surface area contributed by atoms with Gasteiger partial charge in [0.05, 0.1) is 34.4 Å². The van der Waals surface area contributed by atoms with Crippen molar-refractivity contribution in [3.05, 3.63) is 45.9 Å². The Morgan fingerprint density at radius 1 is 1.26 bits per heavy atom. The molecule has 142 valence electrons. The fourth-order valence-electron chi connectivity index (χ4n) is 3.03. The SMILES string of the molecule is COc1ccc(C)cc1N1CC(C(=O)Nc2cc(Cl)c(N)c(Cl)c2)CC1=O. The molecule has 27 heavy (non-hydrogen) atoms. The summed E-state index contributed by atoms with van der Waals surface area (Å²) in [5, 5.41) is 3.26. The van der Waals surface area contributed by atoms with Crippen LogP contribution >= 0.6 is 23.2 Å². The Kier molecular flexibility index (Phi) is 5.48. The maximum Gasteiger partial charge on any atom is 0.229 e. The molecule has 1 saturated heterocycles. The number of amides is 2. The molecule has 1 atom stereocenters. The highest BCUT2D eigenvalue weighted by atomic mass is 35.5. The number of ether oxygens (including phenoxy) is 1. The first-order valence-electron chi connectivity index (χ1n) is 8.30. The highest BCUT2D eigenvalue weighted by molar-refractivity contribution is 6.39. The van der Waals surface area contributed by atoms with E-state index in [0.29, 0.717) is 17.1 Å². The number of nitrogens with zero attached hydrogens (tertiary/aromatic N) is 1. The molecule has 1 fully saturated rings. The van der Waals surface area contributed by atoms with E-state index in [-0.39, 0.29) is 40.5 Å².